The van der Waals surface area contributed by atoms with Crippen molar-refractivity contribution in [2.75, 3.05) is 13.7 Å². The maximum atomic E-state index is 13.1. The van der Waals surface area contributed by atoms with Crippen LogP contribution in [0.4, 0.5) is 13.2 Å². The summed E-state index contributed by atoms with van der Waals surface area (Å²) in [7, 11) is 1.65. The van der Waals surface area contributed by atoms with E-state index in [1.165, 1.54) is 4.90 Å². The number of carboxylic acids is 1. The monoisotopic (exact) mass is 570 g/mol. The van der Waals surface area contributed by atoms with Gasteiger partial charge in [0.2, 0.25) is 11.8 Å². The van der Waals surface area contributed by atoms with E-state index in [2.05, 4.69) is 10.6 Å². The molecule has 10 nitrogen and oxygen atoms in total. The Morgan fingerprint density at radius 1 is 1.27 bits per heavy atom. The number of carbonyl (C=O) groups excluding carboxylic acids is 2. The number of guanidine groups is 1. The Balaban J connectivity index is 0.000000559. The third kappa shape index (κ3) is 7.86. The number of ether oxygens (including phenoxy) is 2. The summed E-state index contributed by atoms with van der Waals surface area (Å²) in [6.07, 6.45) is -2.79. The minimum Gasteiger partial charge on any atom is -0.487 e. The molecule has 0 spiro atoms. The Morgan fingerprint density at radius 3 is 2.48 bits per heavy atom. The third-order valence-electron chi connectivity index (χ3n) is 7.15. The molecular formula is C27H37F3N4O6. The molecule has 2 fully saturated rings. The van der Waals surface area contributed by atoms with Crippen LogP contribution < -0.4 is 15.4 Å². The molecule has 0 bridgehead atoms. The first-order valence-electron chi connectivity index (χ1n) is 13.0. The number of methoxy groups -OCH3 is 1. The predicted molar refractivity (Wildman–Crippen MR) is 139 cm³/mol. The van der Waals surface area contributed by atoms with Crippen LogP contribution in [-0.4, -0.2) is 70.8 Å². The Bertz CT molecular complexity index is 1120. The molecule has 3 aliphatic rings. The fourth-order valence-corrected chi connectivity index (χ4v) is 5.17. The number of hydrogen-bond donors (Lipinski definition) is 4. The number of aliphatic carboxylic acids is 1. The lowest BCUT2D eigenvalue weighted by molar-refractivity contribution is -0.192. The maximum absolute atomic E-state index is 13.1. The molecule has 0 radical (unpaired) electrons. The van der Waals surface area contributed by atoms with Gasteiger partial charge in [0.25, 0.3) is 0 Å². The van der Waals surface area contributed by atoms with E-state index >= 15 is 0 Å². The van der Waals surface area contributed by atoms with Crippen molar-refractivity contribution >= 4 is 23.7 Å². The summed E-state index contributed by atoms with van der Waals surface area (Å²) in [5, 5.41) is 21.6. The first-order chi connectivity index (χ1) is 18.4. The van der Waals surface area contributed by atoms with E-state index in [1.54, 1.807) is 7.11 Å². The number of alkyl halides is 3. The van der Waals surface area contributed by atoms with Gasteiger partial charge in [-0.25, -0.2) is 4.79 Å². The molecule has 0 aromatic heterocycles. The van der Waals surface area contributed by atoms with Gasteiger partial charge in [-0.1, -0.05) is 18.2 Å². The van der Waals surface area contributed by atoms with Crippen molar-refractivity contribution in [2.45, 2.75) is 82.8 Å². The van der Waals surface area contributed by atoms with Crippen molar-refractivity contribution in [1.29, 1.82) is 5.41 Å². The predicted octanol–water partition coefficient (Wildman–Crippen LogP) is 3.61. The van der Waals surface area contributed by atoms with Crippen molar-refractivity contribution in [3.63, 3.8) is 0 Å². The second-order valence-electron chi connectivity index (χ2n) is 11.6. The lowest BCUT2D eigenvalue weighted by Crippen LogP contribution is -2.60. The zero-order valence-corrected chi connectivity index (χ0v) is 23.2. The topological polar surface area (TPSA) is 141 Å². The van der Waals surface area contributed by atoms with Crippen LogP contribution in [0.5, 0.6) is 5.75 Å². The molecule has 1 saturated carbocycles. The SMILES string of the molecule is COC(CCN1C(=N)NC(C)(C)CC1=O)[C@@H]1C[C@H]1C(=O)N[C@H]1CC(C)(C)Oc2ccccc21.O=C(O)C(F)(F)F. The number of carbonyl (C=O) groups is 3. The summed E-state index contributed by atoms with van der Waals surface area (Å²) in [6.45, 7) is 8.32. The average Bonchev–Trinajstić information content (AvgIpc) is 3.60. The number of nitrogens with one attached hydrogen (secondary N) is 3. The van der Waals surface area contributed by atoms with E-state index in [4.69, 9.17) is 24.8 Å². The summed E-state index contributed by atoms with van der Waals surface area (Å²) in [4.78, 5) is 36.0. The zero-order valence-electron chi connectivity index (χ0n) is 23.2. The molecule has 40 heavy (non-hydrogen) atoms. The van der Waals surface area contributed by atoms with Gasteiger partial charge in [-0.3, -0.25) is 19.9 Å². The quantitative estimate of drug-likeness (QED) is 0.393. The summed E-state index contributed by atoms with van der Waals surface area (Å²) in [5.74, 6) is -1.77. The number of nitrogens with zero attached hydrogens (tertiary/aromatic N) is 1. The standard InChI is InChI=1S/C25H36N4O4.C2HF3O2/c1-24(2)14-21(30)29(23(26)28-24)11-10-19(32-5)16-12-17(16)22(31)27-18-13-25(3,4)33-20-9-7-6-8-15(18)20;3-2(4,5)1(6)7/h6-9,16-19H,10-14H2,1-5H3,(H2,26,28)(H,27,31);(H,6,7)/t16-,17-,18+,19?;/m1./s1. The van der Waals surface area contributed by atoms with Crippen LogP contribution >= 0.6 is 0 Å². The van der Waals surface area contributed by atoms with Crippen LogP contribution in [0.3, 0.4) is 0 Å². The Kier molecular flexibility index (Phi) is 9.07. The lowest BCUT2D eigenvalue weighted by atomic mass is 9.89. The van der Waals surface area contributed by atoms with Gasteiger partial charge in [0, 0.05) is 43.5 Å². The molecule has 4 N–H and O–H groups in total. The van der Waals surface area contributed by atoms with Crippen LogP contribution in [0.2, 0.25) is 0 Å². The minimum atomic E-state index is -5.08. The summed E-state index contributed by atoms with van der Waals surface area (Å²) >= 11 is 0. The highest BCUT2D eigenvalue weighted by molar-refractivity contribution is 5.99. The largest absolute Gasteiger partial charge is 0.490 e. The first kappa shape index (κ1) is 31.2. The van der Waals surface area contributed by atoms with Crippen LogP contribution in [0.25, 0.3) is 0 Å². The normalized spacial score (nSPS) is 25.3. The smallest absolute Gasteiger partial charge is 0.487 e. The average molecular weight is 571 g/mol. The fraction of sp³-hybridized carbons (Fsp3) is 0.630. The Labute approximate surface area is 231 Å². The van der Waals surface area contributed by atoms with Gasteiger partial charge in [-0.15, -0.1) is 0 Å². The van der Waals surface area contributed by atoms with E-state index in [9.17, 15) is 22.8 Å². The first-order valence-corrected chi connectivity index (χ1v) is 13.0. The number of rotatable bonds is 7. The molecule has 1 aromatic rings. The molecule has 2 aliphatic heterocycles. The van der Waals surface area contributed by atoms with E-state index in [0.29, 0.717) is 25.8 Å². The number of amides is 2. The highest BCUT2D eigenvalue weighted by Crippen LogP contribution is 2.45. The van der Waals surface area contributed by atoms with Crippen LogP contribution in [0, 0.1) is 17.2 Å². The van der Waals surface area contributed by atoms with Crippen LogP contribution in [0.1, 0.15) is 65.0 Å². The molecule has 1 aromatic carbocycles. The second-order valence-corrected chi connectivity index (χ2v) is 11.6. The summed E-state index contributed by atoms with van der Waals surface area (Å²) in [6, 6.07) is 7.79. The highest BCUT2D eigenvalue weighted by Gasteiger charge is 2.49. The molecule has 4 atom stereocenters. The zero-order chi connectivity index (χ0) is 30.0. The Hall–Kier alpha value is -3.35. The van der Waals surface area contributed by atoms with Gasteiger partial charge in [0.05, 0.1) is 12.1 Å². The molecule has 1 unspecified atom stereocenters. The number of fused-ring (bicyclic) bond motifs is 1. The maximum Gasteiger partial charge on any atom is 0.490 e. The number of carboxylic acid groups (broad SMARTS) is 1. The molecular weight excluding hydrogens is 533 g/mol. The molecule has 1 aliphatic carbocycles. The van der Waals surface area contributed by atoms with Gasteiger partial charge < -0.3 is 25.2 Å². The molecule has 1 saturated heterocycles. The number of para-hydroxylation sites is 1. The number of hydrogen-bond acceptors (Lipinski definition) is 6. The van der Waals surface area contributed by atoms with E-state index < -0.39 is 17.7 Å². The summed E-state index contributed by atoms with van der Waals surface area (Å²) in [5.41, 5.74) is 0.268. The van der Waals surface area contributed by atoms with Crippen molar-refractivity contribution in [1.82, 2.24) is 15.5 Å². The van der Waals surface area contributed by atoms with Crippen LogP contribution in [-0.2, 0) is 19.1 Å². The van der Waals surface area contributed by atoms with Crippen molar-refractivity contribution in [3.05, 3.63) is 29.8 Å². The number of benzene rings is 1. The number of halogens is 3. The van der Waals surface area contributed by atoms with Gasteiger partial charge in [-0.05, 0) is 52.5 Å². The second kappa shape index (κ2) is 11.6. The molecule has 222 valence electrons. The molecule has 4 rings (SSSR count). The van der Waals surface area contributed by atoms with Crippen molar-refractivity contribution in [3.8, 4) is 5.75 Å². The van der Waals surface area contributed by atoms with Crippen molar-refractivity contribution in [2.24, 2.45) is 11.8 Å². The minimum absolute atomic E-state index is 0.0461. The summed E-state index contributed by atoms with van der Waals surface area (Å²) < 4.78 is 43.5. The lowest BCUT2D eigenvalue weighted by Gasteiger charge is -2.38. The fourth-order valence-electron chi connectivity index (χ4n) is 5.17. The molecule has 2 heterocycles. The van der Waals surface area contributed by atoms with Gasteiger partial charge in [-0.2, -0.15) is 13.2 Å². The van der Waals surface area contributed by atoms with Crippen LogP contribution in [0.15, 0.2) is 24.3 Å². The van der Waals surface area contributed by atoms with Gasteiger partial charge >= 0.3 is 12.1 Å². The van der Waals surface area contributed by atoms with E-state index in [-0.39, 0.29) is 47.4 Å². The van der Waals surface area contributed by atoms with Gasteiger partial charge in [0.1, 0.15) is 11.4 Å². The molecule has 13 heteroatoms. The third-order valence-corrected chi connectivity index (χ3v) is 7.15. The Morgan fingerprint density at radius 2 is 1.90 bits per heavy atom. The highest BCUT2D eigenvalue weighted by atomic mass is 19.4. The molecule has 2 amide bonds. The van der Waals surface area contributed by atoms with E-state index in [0.717, 1.165) is 17.7 Å². The van der Waals surface area contributed by atoms with Gasteiger partial charge in [0.15, 0.2) is 5.96 Å². The van der Waals surface area contributed by atoms with Crippen molar-refractivity contribution < 1.29 is 42.1 Å². The van der Waals surface area contributed by atoms with E-state index in [1.807, 2.05) is 52.0 Å².